The van der Waals surface area contributed by atoms with E-state index in [1.807, 2.05) is 43.5 Å². The van der Waals surface area contributed by atoms with Gasteiger partial charge in [0, 0.05) is 11.1 Å². The van der Waals surface area contributed by atoms with Crippen molar-refractivity contribution >= 4 is 44.4 Å². The average molecular weight is 544 g/mol. The number of hydrogen-bond acceptors (Lipinski definition) is 5. The third kappa shape index (κ3) is 5.63. The van der Waals surface area contributed by atoms with Crippen molar-refractivity contribution in [2.24, 2.45) is 16.3 Å². The molecular formula is C27H31BrN2O3S. The second-order valence-electron chi connectivity index (χ2n) is 9.63. The van der Waals surface area contributed by atoms with E-state index in [0.29, 0.717) is 24.6 Å². The van der Waals surface area contributed by atoms with E-state index in [1.165, 1.54) is 4.88 Å². The Hall–Kier alpha value is -2.38. The fraction of sp³-hybridized carbons (Fsp3) is 0.407. The third-order valence-corrected chi connectivity index (χ3v) is 8.07. The zero-order valence-corrected chi connectivity index (χ0v) is 22.5. The van der Waals surface area contributed by atoms with Crippen molar-refractivity contribution in [1.82, 2.24) is 5.32 Å². The summed E-state index contributed by atoms with van der Waals surface area (Å²) in [7, 11) is 0. The predicted octanol–water partition coefficient (Wildman–Crippen LogP) is 7.33. The van der Waals surface area contributed by atoms with E-state index >= 15 is 0 Å². The minimum atomic E-state index is -0.0943. The summed E-state index contributed by atoms with van der Waals surface area (Å²) in [6.07, 6.45) is 6.42. The van der Waals surface area contributed by atoms with Gasteiger partial charge in [0.25, 0.3) is 5.91 Å². The highest BCUT2D eigenvalue weighted by atomic mass is 79.9. The summed E-state index contributed by atoms with van der Waals surface area (Å²) in [6.45, 7) is 9.83. The van der Waals surface area contributed by atoms with Gasteiger partial charge in [0.2, 0.25) is 0 Å². The van der Waals surface area contributed by atoms with Gasteiger partial charge in [0.05, 0.1) is 29.5 Å². The molecule has 0 fully saturated rings. The topological polar surface area (TPSA) is 63.8 Å². The molecule has 1 amide bonds. The Morgan fingerprint density at radius 3 is 2.85 bits per heavy atom. The van der Waals surface area contributed by atoms with Crippen molar-refractivity contribution in [3.8, 4) is 5.75 Å². The minimum Gasteiger partial charge on any atom is -0.493 e. The van der Waals surface area contributed by atoms with Crippen molar-refractivity contribution in [2.75, 3.05) is 6.61 Å². The first kappa shape index (κ1) is 24.7. The Kier molecular flexibility index (Phi) is 7.63. The monoisotopic (exact) mass is 542 g/mol. The van der Waals surface area contributed by atoms with E-state index in [0.717, 1.165) is 51.4 Å². The van der Waals surface area contributed by atoms with Gasteiger partial charge in [-0.2, -0.15) is 0 Å². The average Bonchev–Trinajstić information content (AvgIpc) is 3.44. The Morgan fingerprint density at radius 1 is 1.35 bits per heavy atom. The second kappa shape index (κ2) is 10.5. The Balaban J connectivity index is 1.63. The lowest BCUT2D eigenvalue weighted by atomic mass is 9.72. The highest BCUT2D eigenvalue weighted by Gasteiger charge is 2.33. The van der Waals surface area contributed by atoms with Gasteiger partial charge in [-0.25, -0.2) is 4.99 Å². The van der Waals surface area contributed by atoms with Gasteiger partial charge in [-0.05, 0) is 94.9 Å². The third-order valence-electron chi connectivity index (χ3n) is 6.29. The number of benzene rings is 1. The molecule has 0 aliphatic heterocycles. The molecule has 34 heavy (non-hydrogen) atoms. The Labute approximate surface area is 213 Å². The summed E-state index contributed by atoms with van der Waals surface area (Å²) >= 11 is 5.22. The lowest BCUT2D eigenvalue weighted by Crippen LogP contribution is -2.28. The fourth-order valence-corrected chi connectivity index (χ4v) is 6.09. The molecule has 7 heteroatoms. The van der Waals surface area contributed by atoms with Gasteiger partial charge in [0.1, 0.15) is 16.5 Å². The van der Waals surface area contributed by atoms with Crippen LogP contribution in [0.4, 0.5) is 5.00 Å². The number of halogens is 1. The molecule has 0 saturated heterocycles. The smallest absolute Gasteiger partial charge is 0.255 e. The largest absolute Gasteiger partial charge is 0.493 e. The summed E-state index contributed by atoms with van der Waals surface area (Å²) in [5.74, 6) is 2.03. The normalized spacial score (nSPS) is 16.0. The summed E-state index contributed by atoms with van der Waals surface area (Å²) < 4.78 is 11.9. The number of hydrogen-bond donors (Lipinski definition) is 1. The van der Waals surface area contributed by atoms with Crippen LogP contribution in [-0.4, -0.2) is 18.7 Å². The maximum atomic E-state index is 13.3. The van der Waals surface area contributed by atoms with Gasteiger partial charge in [0.15, 0.2) is 0 Å². The molecule has 0 radical (unpaired) electrons. The highest BCUT2D eigenvalue weighted by molar-refractivity contribution is 9.10. The molecule has 3 aromatic rings. The molecule has 180 valence electrons. The number of aliphatic imine (C=N–C) groups is 1. The Morgan fingerprint density at radius 2 is 2.18 bits per heavy atom. The number of rotatable bonds is 7. The van der Waals surface area contributed by atoms with Crippen LogP contribution in [0.2, 0.25) is 0 Å². The van der Waals surface area contributed by atoms with E-state index in [9.17, 15) is 4.79 Å². The first-order valence-corrected chi connectivity index (χ1v) is 13.3. The van der Waals surface area contributed by atoms with E-state index in [-0.39, 0.29) is 11.3 Å². The second-order valence-corrected chi connectivity index (χ2v) is 11.6. The van der Waals surface area contributed by atoms with Gasteiger partial charge in [-0.1, -0.05) is 20.8 Å². The maximum Gasteiger partial charge on any atom is 0.255 e. The number of nitrogens with one attached hydrogen (secondary N) is 1. The number of thiophene rings is 1. The van der Waals surface area contributed by atoms with E-state index in [1.54, 1.807) is 17.6 Å². The molecule has 0 saturated carbocycles. The molecule has 1 aliphatic carbocycles. The van der Waals surface area contributed by atoms with E-state index in [2.05, 4.69) is 42.0 Å². The summed E-state index contributed by atoms with van der Waals surface area (Å²) in [6, 6.07) is 9.57. The van der Waals surface area contributed by atoms with Crippen LogP contribution >= 0.6 is 27.3 Å². The number of furan rings is 1. The van der Waals surface area contributed by atoms with Crippen molar-refractivity contribution in [3.05, 3.63) is 68.4 Å². The van der Waals surface area contributed by atoms with Crippen LogP contribution < -0.4 is 10.1 Å². The number of fused-ring (bicyclic) bond motifs is 1. The first-order chi connectivity index (χ1) is 16.3. The van der Waals surface area contributed by atoms with Crippen LogP contribution in [0.25, 0.3) is 0 Å². The minimum absolute atomic E-state index is 0.0943. The quantitative estimate of drug-likeness (QED) is 0.317. The van der Waals surface area contributed by atoms with Gasteiger partial charge >= 0.3 is 0 Å². The van der Waals surface area contributed by atoms with Gasteiger partial charge < -0.3 is 14.5 Å². The fourth-order valence-electron chi connectivity index (χ4n) is 4.31. The zero-order valence-electron chi connectivity index (χ0n) is 20.1. The zero-order chi connectivity index (χ0) is 24.3. The van der Waals surface area contributed by atoms with Crippen LogP contribution in [0.1, 0.15) is 66.2 Å². The number of amides is 1. The molecular weight excluding hydrogens is 512 g/mol. The molecule has 0 spiro atoms. The molecule has 4 rings (SSSR count). The number of ether oxygens (including phenoxy) is 1. The number of nitrogens with zero attached hydrogens (tertiary/aromatic N) is 1. The molecule has 2 heterocycles. The van der Waals surface area contributed by atoms with Gasteiger partial charge in [-0.3, -0.25) is 4.79 Å². The highest BCUT2D eigenvalue weighted by Crippen LogP contribution is 2.45. The van der Waals surface area contributed by atoms with Crippen molar-refractivity contribution in [2.45, 2.75) is 53.5 Å². The first-order valence-electron chi connectivity index (χ1n) is 11.7. The SMILES string of the molecule is CCOc1ccc(C=Nc2sc3c(c2C(=O)NCc2ccco2)CC[C@@H](C(C)(C)C)C3)cc1Br. The molecule has 0 unspecified atom stereocenters. The van der Waals surface area contributed by atoms with Crippen molar-refractivity contribution in [1.29, 1.82) is 0 Å². The standard InChI is InChI=1S/C27H31BrN2O3S/c1-5-32-22-11-8-17(13-21(22)28)15-30-26-24(25(31)29-16-19-7-6-12-33-19)20-10-9-18(27(2,3)4)14-23(20)34-26/h6-8,11-13,15,18H,5,9-10,14,16H2,1-4H3,(H,29,31)/t18-/m1/s1. The predicted molar refractivity (Wildman–Crippen MR) is 142 cm³/mol. The number of carbonyl (C=O) groups is 1. The van der Waals surface area contributed by atoms with Crippen LogP contribution in [0, 0.1) is 11.3 Å². The summed E-state index contributed by atoms with van der Waals surface area (Å²) in [4.78, 5) is 19.4. The molecule has 0 bridgehead atoms. The summed E-state index contributed by atoms with van der Waals surface area (Å²) in [5, 5.41) is 3.79. The van der Waals surface area contributed by atoms with Crippen molar-refractivity contribution < 1.29 is 13.9 Å². The summed E-state index contributed by atoms with van der Waals surface area (Å²) in [5.41, 5.74) is 3.04. The Bertz CT molecular complexity index is 1180. The molecule has 2 aromatic heterocycles. The molecule has 1 atom stereocenters. The van der Waals surface area contributed by atoms with Crippen LogP contribution in [-0.2, 0) is 19.4 Å². The number of carbonyl (C=O) groups excluding carboxylic acids is 1. The van der Waals surface area contributed by atoms with E-state index in [4.69, 9.17) is 14.1 Å². The van der Waals surface area contributed by atoms with Crippen LogP contribution in [0.3, 0.4) is 0 Å². The van der Waals surface area contributed by atoms with Crippen LogP contribution in [0.5, 0.6) is 5.75 Å². The molecule has 1 aliphatic rings. The molecule has 5 nitrogen and oxygen atoms in total. The van der Waals surface area contributed by atoms with Crippen molar-refractivity contribution in [3.63, 3.8) is 0 Å². The molecule has 1 aromatic carbocycles. The maximum absolute atomic E-state index is 13.3. The van der Waals surface area contributed by atoms with E-state index < -0.39 is 0 Å². The van der Waals surface area contributed by atoms with Crippen LogP contribution in [0.15, 0.2) is 50.5 Å². The lowest BCUT2D eigenvalue weighted by molar-refractivity contribution is 0.0947. The lowest BCUT2D eigenvalue weighted by Gasteiger charge is -2.33. The van der Waals surface area contributed by atoms with Gasteiger partial charge in [-0.15, -0.1) is 11.3 Å². The molecule has 1 N–H and O–H groups in total.